The highest BCUT2D eigenvalue weighted by molar-refractivity contribution is 6.29. The molecular weight excluding hydrogens is 475 g/mol. The Kier molecular flexibility index (Phi) is 6.38. The third-order valence-corrected chi connectivity index (χ3v) is 7.17. The van der Waals surface area contributed by atoms with Crippen LogP contribution in [0.2, 0.25) is 5.15 Å². The Bertz CT molecular complexity index is 1280. The molecule has 1 aromatic heterocycles. The van der Waals surface area contributed by atoms with Crippen molar-refractivity contribution in [2.24, 2.45) is 0 Å². The van der Waals surface area contributed by atoms with Crippen molar-refractivity contribution in [1.82, 2.24) is 9.88 Å². The van der Waals surface area contributed by atoms with E-state index in [0.29, 0.717) is 37.4 Å². The Morgan fingerprint density at radius 3 is 2.51 bits per heavy atom. The van der Waals surface area contributed by atoms with E-state index in [4.69, 9.17) is 11.6 Å². The van der Waals surface area contributed by atoms with Gasteiger partial charge in [-0.05, 0) is 74.0 Å². The molecule has 2 aliphatic rings. The molecule has 3 aromatic rings. The molecule has 0 N–H and O–H groups in total. The molecule has 1 spiro atoms. The van der Waals surface area contributed by atoms with Crippen LogP contribution in [0.5, 0.6) is 0 Å². The van der Waals surface area contributed by atoms with E-state index in [1.54, 1.807) is 29.2 Å². The maximum Gasteiger partial charge on any atom is 0.258 e. The number of rotatable bonds is 4. The molecule has 1 saturated heterocycles. The lowest BCUT2D eigenvalue weighted by atomic mass is 9.74. The zero-order valence-electron chi connectivity index (χ0n) is 18.9. The summed E-state index contributed by atoms with van der Waals surface area (Å²) in [6.45, 7) is 2.42. The molecule has 4 nitrogen and oxygen atoms in total. The number of hydrogen-bond donors (Lipinski definition) is 0. The van der Waals surface area contributed by atoms with E-state index in [9.17, 15) is 18.0 Å². The number of hydrogen-bond acceptors (Lipinski definition) is 3. The van der Waals surface area contributed by atoms with Gasteiger partial charge in [0, 0.05) is 41.5 Å². The second-order valence-electron chi connectivity index (χ2n) is 9.04. The Morgan fingerprint density at radius 1 is 1.06 bits per heavy atom. The molecule has 5 rings (SSSR count). The SMILES string of the molecule is O=C(c1ccnc(Cl)c1)N1CC2(CCN(C/C=C/c3c(F)cccc3F)CC2)c2cc(F)ccc21. The largest absolute Gasteiger partial charge is 0.307 e. The van der Waals surface area contributed by atoms with Crippen LogP contribution in [0.15, 0.2) is 60.8 Å². The predicted molar refractivity (Wildman–Crippen MR) is 130 cm³/mol. The van der Waals surface area contributed by atoms with E-state index in [-0.39, 0.29) is 27.9 Å². The molecule has 2 aliphatic heterocycles. The lowest BCUT2D eigenvalue weighted by Crippen LogP contribution is -2.46. The summed E-state index contributed by atoms with van der Waals surface area (Å²) in [5.74, 6) is -1.72. The van der Waals surface area contributed by atoms with Crippen LogP contribution < -0.4 is 4.90 Å². The molecule has 8 heteroatoms. The summed E-state index contributed by atoms with van der Waals surface area (Å²) in [4.78, 5) is 21.2. The lowest BCUT2D eigenvalue weighted by Gasteiger charge is -2.39. The van der Waals surface area contributed by atoms with Crippen LogP contribution in [0, 0.1) is 17.5 Å². The summed E-state index contributed by atoms with van der Waals surface area (Å²) < 4.78 is 42.0. The molecule has 2 aromatic carbocycles. The second-order valence-corrected chi connectivity index (χ2v) is 9.43. The molecule has 3 heterocycles. The maximum atomic E-state index is 14.3. The van der Waals surface area contributed by atoms with Crippen molar-refractivity contribution in [1.29, 1.82) is 0 Å². The first-order valence-electron chi connectivity index (χ1n) is 11.4. The topological polar surface area (TPSA) is 36.4 Å². The number of aromatic nitrogens is 1. The van der Waals surface area contributed by atoms with E-state index in [0.717, 1.165) is 18.4 Å². The first kappa shape index (κ1) is 23.6. The van der Waals surface area contributed by atoms with E-state index in [1.165, 1.54) is 42.6 Å². The lowest BCUT2D eigenvalue weighted by molar-refractivity contribution is 0.0977. The van der Waals surface area contributed by atoms with Crippen molar-refractivity contribution in [3.05, 3.63) is 100 Å². The number of benzene rings is 2. The van der Waals surface area contributed by atoms with Crippen LogP contribution >= 0.6 is 11.6 Å². The number of carbonyl (C=O) groups excluding carboxylic acids is 1. The molecule has 180 valence electrons. The number of halogens is 4. The summed E-state index contributed by atoms with van der Waals surface area (Å²) in [5.41, 5.74) is 1.58. The summed E-state index contributed by atoms with van der Waals surface area (Å²) >= 11 is 5.99. The van der Waals surface area contributed by atoms with Crippen LogP contribution in [0.25, 0.3) is 6.08 Å². The third-order valence-electron chi connectivity index (χ3n) is 6.96. The Morgan fingerprint density at radius 2 is 1.80 bits per heavy atom. The fraction of sp³-hybridized carbons (Fsp3) is 0.259. The number of piperidine rings is 1. The normalized spacial score (nSPS) is 17.3. The maximum absolute atomic E-state index is 14.3. The van der Waals surface area contributed by atoms with Crippen molar-refractivity contribution in [3.63, 3.8) is 0 Å². The van der Waals surface area contributed by atoms with E-state index >= 15 is 0 Å². The number of anilines is 1. The molecule has 0 saturated carbocycles. The third kappa shape index (κ3) is 4.58. The number of fused-ring (bicyclic) bond motifs is 2. The smallest absolute Gasteiger partial charge is 0.258 e. The standard InChI is InChI=1S/C27H23ClF3N3O/c28-25-15-18(8-11-32-25)26(35)34-17-27(21-16-19(29)6-7-24(21)34)9-13-33(14-10-27)12-2-3-20-22(30)4-1-5-23(20)31/h1-8,11,15-16H,9-10,12-14,17H2/b3-2+. The summed E-state index contributed by atoms with van der Waals surface area (Å²) in [5, 5.41) is 0.237. The first-order valence-corrected chi connectivity index (χ1v) is 11.8. The van der Waals surface area contributed by atoms with Crippen LogP contribution in [0.1, 0.15) is 34.3 Å². The van der Waals surface area contributed by atoms with Gasteiger partial charge in [0.15, 0.2) is 0 Å². The van der Waals surface area contributed by atoms with Crippen molar-refractivity contribution in [2.75, 3.05) is 31.1 Å². The summed E-state index contributed by atoms with van der Waals surface area (Å²) in [6.07, 6.45) is 6.17. The highest BCUT2D eigenvalue weighted by Gasteiger charge is 2.46. The van der Waals surface area contributed by atoms with Gasteiger partial charge in [0.1, 0.15) is 22.6 Å². The molecule has 1 amide bonds. The Labute approximate surface area is 206 Å². The second kappa shape index (κ2) is 9.47. The molecule has 0 unspecified atom stereocenters. The van der Waals surface area contributed by atoms with Gasteiger partial charge >= 0.3 is 0 Å². The Hall–Kier alpha value is -3.16. The van der Waals surface area contributed by atoms with E-state index in [2.05, 4.69) is 9.88 Å². The molecule has 0 aliphatic carbocycles. The van der Waals surface area contributed by atoms with Crippen molar-refractivity contribution >= 4 is 29.3 Å². The van der Waals surface area contributed by atoms with E-state index < -0.39 is 11.6 Å². The van der Waals surface area contributed by atoms with Gasteiger partial charge in [-0.15, -0.1) is 0 Å². The minimum absolute atomic E-state index is 0.0495. The average molecular weight is 498 g/mol. The van der Waals surface area contributed by atoms with Gasteiger partial charge in [-0.2, -0.15) is 0 Å². The number of amides is 1. The van der Waals surface area contributed by atoms with Crippen LogP contribution in [-0.4, -0.2) is 42.0 Å². The molecule has 35 heavy (non-hydrogen) atoms. The van der Waals surface area contributed by atoms with Crippen molar-refractivity contribution < 1.29 is 18.0 Å². The van der Waals surface area contributed by atoms with Gasteiger partial charge in [-0.25, -0.2) is 18.2 Å². The van der Waals surface area contributed by atoms with Crippen molar-refractivity contribution in [3.8, 4) is 0 Å². The highest BCUT2D eigenvalue weighted by atomic mass is 35.5. The fourth-order valence-corrected chi connectivity index (χ4v) is 5.27. The highest BCUT2D eigenvalue weighted by Crippen LogP contribution is 2.47. The van der Waals surface area contributed by atoms with Crippen molar-refractivity contribution in [2.45, 2.75) is 18.3 Å². The average Bonchev–Trinajstić information content (AvgIpc) is 3.15. The van der Waals surface area contributed by atoms with Gasteiger partial charge in [-0.1, -0.05) is 29.8 Å². The van der Waals surface area contributed by atoms with Crippen LogP contribution in [0.4, 0.5) is 18.9 Å². The summed E-state index contributed by atoms with van der Waals surface area (Å²) in [7, 11) is 0. The molecule has 0 radical (unpaired) electrons. The first-order chi connectivity index (χ1) is 16.9. The fourth-order valence-electron chi connectivity index (χ4n) is 5.09. The number of pyridine rings is 1. The number of carbonyl (C=O) groups is 1. The molecular formula is C27H23ClF3N3O. The van der Waals surface area contributed by atoms with Crippen LogP contribution in [-0.2, 0) is 5.41 Å². The molecule has 0 atom stereocenters. The van der Waals surface area contributed by atoms with Gasteiger partial charge in [0.2, 0.25) is 0 Å². The van der Waals surface area contributed by atoms with E-state index in [1.807, 2.05) is 0 Å². The molecule has 0 bridgehead atoms. The zero-order chi connectivity index (χ0) is 24.6. The monoisotopic (exact) mass is 497 g/mol. The van der Waals surface area contributed by atoms with Gasteiger partial charge < -0.3 is 4.90 Å². The minimum Gasteiger partial charge on any atom is -0.307 e. The number of nitrogens with zero attached hydrogens (tertiary/aromatic N) is 3. The quantitative estimate of drug-likeness (QED) is 0.424. The molecule has 1 fully saturated rings. The minimum atomic E-state index is -0.594. The van der Waals surface area contributed by atoms with Crippen LogP contribution in [0.3, 0.4) is 0 Å². The predicted octanol–water partition coefficient (Wildman–Crippen LogP) is 5.86. The van der Waals surface area contributed by atoms with Gasteiger partial charge in [-0.3, -0.25) is 9.69 Å². The Balaban J connectivity index is 1.32. The van der Waals surface area contributed by atoms with Gasteiger partial charge in [0.25, 0.3) is 5.91 Å². The number of likely N-dealkylation sites (tertiary alicyclic amines) is 1. The zero-order valence-corrected chi connectivity index (χ0v) is 19.6. The van der Waals surface area contributed by atoms with Gasteiger partial charge in [0.05, 0.1) is 0 Å². The summed E-state index contributed by atoms with van der Waals surface area (Å²) in [6, 6.07) is 11.5.